The number of allylic oxidation sites excluding steroid dienone is 1. The largest absolute Gasteiger partial charge is 0.300 e. The number of hydrogen-bond acceptors (Lipinski definition) is 1. The SMILES string of the molecule is CN1CCCC[C@H]1/C=C/Cc1ccccc1. The summed E-state index contributed by atoms with van der Waals surface area (Å²) in [6.45, 7) is 1.25. The molecule has 1 heterocycles. The van der Waals surface area contributed by atoms with Crippen LogP contribution in [0.25, 0.3) is 0 Å². The monoisotopic (exact) mass is 215 g/mol. The molecule has 1 aliphatic heterocycles. The van der Waals surface area contributed by atoms with Gasteiger partial charge in [-0.1, -0.05) is 48.9 Å². The lowest BCUT2D eigenvalue weighted by atomic mass is 10.0. The third kappa shape index (κ3) is 3.21. The first-order chi connectivity index (χ1) is 7.86. The molecule has 0 saturated carbocycles. The zero-order valence-corrected chi connectivity index (χ0v) is 10.1. The van der Waals surface area contributed by atoms with Gasteiger partial charge in [0.2, 0.25) is 0 Å². The Kier molecular flexibility index (Phi) is 4.17. The quantitative estimate of drug-likeness (QED) is 0.699. The van der Waals surface area contributed by atoms with Crippen LogP contribution in [0.4, 0.5) is 0 Å². The molecule has 0 radical (unpaired) electrons. The highest BCUT2D eigenvalue weighted by Gasteiger charge is 2.15. The molecule has 0 N–H and O–H groups in total. The number of rotatable bonds is 3. The molecule has 16 heavy (non-hydrogen) atoms. The molecule has 1 heteroatoms. The van der Waals surface area contributed by atoms with Crippen LogP contribution in [0.3, 0.4) is 0 Å². The molecule has 86 valence electrons. The van der Waals surface area contributed by atoms with E-state index < -0.39 is 0 Å². The molecule has 1 aromatic carbocycles. The zero-order valence-electron chi connectivity index (χ0n) is 10.1. The molecular formula is C15H21N. The van der Waals surface area contributed by atoms with Gasteiger partial charge < -0.3 is 0 Å². The third-order valence-corrected chi connectivity index (χ3v) is 3.38. The van der Waals surface area contributed by atoms with E-state index >= 15 is 0 Å². The van der Waals surface area contributed by atoms with E-state index in [1.807, 2.05) is 0 Å². The van der Waals surface area contributed by atoms with Gasteiger partial charge in [-0.2, -0.15) is 0 Å². The maximum atomic E-state index is 2.46. The minimum atomic E-state index is 0.664. The summed E-state index contributed by atoms with van der Waals surface area (Å²) >= 11 is 0. The van der Waals surface area contributed by atoms with Crippen molar-refractivity contribution >= 4 is 0 Å². The molecule has 0 aromatic heterocycles. The van der Waals surface area contributed by atoms with Crippen molar-refractivity contribution in [3.63, 3.8) is 0 Å². The van der Waals surface area contributed by atoms with Gasteiger partial charge in [-0.3, -0.25) is 4.90 Å². The predicted molar refractivity (Wildman–Crippen MR) is 69.6 cm³/mol. The summed E-state index contributed by atoms with van der Waals surface area (Å²) in [6, 6.07) is 11.3. The van der Waals surface area contributed by atoms with Crippen molar-refractivity contribution in [3.8, 4) is 0 Å². The van der Waals surface area contributed by atoms with Gasteiger partial charge in [0.1, 0.15) is 0 Å². The molecule has 1 nitrogen and oxygen atoms in total. The molecule has 0 amide bonds. The van der Waals surface area contributed by atoms with Crippen molar-refractivity contribution < 1.29 is 0 Å². The van der Waals surface area contributed by atoms with Crippen LogP contribution in [0.1, 0.15) is 24.8 Å². The number of nitrogens with zero attached hydrogens (tertiary/aromatic N) is 1. The number of benzene rings is 1. The Labute approximate surface area is 98.8 Å². The molecule has 0 unspecified atom stereocenters. The van der Waals surface area contributed by atoms with Crippen LogP contribution >= 0.6 is 0 Å². The summed E-state index contributed by atoms with van der Waals surface area (Å²) in [7, 11) is 2.23. The summed E-state index contributed by atoms with van der Waals surface area (Å²) in [5, 5.41) is 0. The summed E-state index contributed by atoms with van der Waals surface area (Å²) < 4.78 is 0. The lowest BCUT2D eigenvalue weighted by Gasteiger charge is -2.30. The van der Waals surface area contributed by atoms with Crippen molar-refractivity contribution in [1.82, 2.24) is 4.90 Å². The summed E-state index contributed by atoms with van der Waals surface area (Å²) in [5.74, 6) is 0. The molecule has 1 aliphatic rings. The normalized spacial score (nSPS) is 22.7. The average Bonchev–Trinajstić information content (AvgIpc) is 2.33. The highest BCUT2D eigenvalue weighted by Crippen LogP contribution is 2.16. The first-order valence-electron chi connectivity index (χ1n) is 6.27. The van der Waals surface area contributed by atoms with Gasteiger partial charge in [0.05, 0.1) is 0 Å². The molecule has 0 aliphatic carbocycles. The van der Waals surface area contributed by atoms with E-state index in [4.69, 9.17) is 0 Å². The summed E-state index contributed by atoms with van der Waals surface area (Å²) in [5.41, 5.74) is 1.40. The molecule has 2 rings (SSSR count). The van der Waals surface area contributed by atoms with Crippen LogP contribution in [-0.2, 0) is 6.42 Å². The minimum Gasteiger partial charge on any atom is -0.300 e. The Morgan fingerprint density at radius 2 is 2.06 bits per heavy atom. The molecular weight excluding hydrogens is 194 g/mol. The third-order valence-electron chi connectivity index (χ3n) is 3.38. The second kappa shape index (κ2) is 5.86. The van der Waals surface area contributed by atoms with E-state index in [1.54, 1.807) is 0 Å². The predicted octanol–water partition coefficient (Wildman–Crippen LogP) is 3.27. The van der Waals surface area contributed by atoms with E-state index in [0.717, 1.165) is 6.42 Å². The van der Waals surface area contributed by atoms with Crippen LogP contribution in [0.5, 0.6) is 0 Å². The van der Waals surface area contributed by atoms with Crippen molar-refractivity contribution in [2.24, 2.45) is 0 Å². The molecule has 1 saturated heterocycles. The van der Waals surface area contributed by atoms with E-state index in [9.17, 15) is 0 Å². The Morgan fingerprint density at radius 1 is 1.25 bits per heavy atom. The number of likely N-dealkylation sites (tertiary alicyclic amines) is 1. The van der Waals surface area contributed by atoms with Gasteiger partial charge in [-0.05, 0) is 38.4 Å². The Balaban J connectivity index is 1.85. The standard InChI is InChI=1S/C15H21N/c1-16-13-6-5-11-15(16)12-7-10-14-8-3-2-4-9-14/h2-4,7-9,12,15H,5-6,10-11,13H2,1H3/b12-7+/t15-/m0/s1. The molecule has 1 aromatic rings. The molecule has 0 bridgehead atoms. The van der Waals surface area contributed by atoms with E-state index in [2.05, 4.69) is 54.4 Å². The second-order valence-corrected chi connectivity index (χ2v) is 4.66. The highest BCUT2D eigenvalue weighted by molar-refractivity contribution is 5.17. The van der Waals surface area contributed by atoms with Gasteiger partial charge in [-0.25, -0.2) is 0 Å². The Hall–Kier alpha value is -1.08. The van der Waals surface area contributed by atoms with Crippen LogP contribution < -0.4 is 0 Å². The summed E-state index contributed by atoms with van der Waals surface area (Å²) in [4.78, 5) is 2.46. The topological polar surface area (TPSA) is 3.24 Å². The Morgan fingerprint density at radius 3 is 2.81 bits per heavy atom. The van der Waals surface area contributed by atoms with Gasteiger partial charge in [0, 0.05) is 6.04 Å². The van der Waals surface area contributed by atoms with Crippen molar-refractivity contribution in [3.05, 3.63) is 48.0 Å². The lowest BCUT2D eigenvalue weighted by Crippen LogP contribution is -2.34. The van der Waals surface area contributed by atoms with Crippen molar-refractivity contribution in [2.75, 3.05) is 13.6 Å². The first kappa shape index (κ1) is 11.4. The smallest absolute Gasteiger partial charge is 0.0275 e. The van der Waals surface area contributed by atoms with E-state index in [0.29, 0.717) is 6.04 Å². The fraction of sp³-hybridized carbons (Fsp3) is 0.467. The molecule has 1 fully saturated rings. The van der Waals surface area contributed by atoms with Crippen LogP contribution in [0.2, 0.25) is 0 Å². The number of likely N-dealkylation sites (N-methyl/N-ethyl adjacent to an activating group) is 1. The molecule has 0 spiro atoms. The zero-order chi connectivity index (χ0) is 11.2. The highest BCUT2D eigenvalue weighted by atomic mass is 15.1. The van der Waals surface area contributed by atoms with Crippen molar-refractivity contribution in [2.45, 2.75) is 31.7 Å². The molecule has 1 atom stereocenters. The van der Waals surface area contributed by atoms with Crippen LogP contribution in [-0.4, -0.2) is 24.5 Å². The van der Waals surface area contributed by atoms with Gasteiger partial charge in [-0.15, -0.1) is 0 Å². The summed E-state index contributed by atoms with van der Waals surface area (Å²) in [6.07, 6.45) is 9.82. The maximum Gasteiger partial charge on any atom is 0.0275 e. The Bertz CT molecular complexity index is 329. The van der Waals surface area contributed by atoms with E-state index in [-0.39, 0.29) is 0 Å². The van der Waals surface area contributed by atoms with E-state index in [1.165, 1.54) is 31.4 Å². The fourth-order valence-electron chi connectivity index (χ4n) is 2.32. The van der Waals surface area contributed by atoms with Gasteiger partial charge in [0.15, 0.2) is 0 Å². The van der Waals surface area contributed by atoms with Gasteiger partial charge in [0.25, 0.3) is 0 Å². The number of piperidine rings is 1. The van der Waals surface area contributed by atoms with Gasteiger partial charge >= 0.3 is 0 Å². The second-order valence-electron chi connectivity index (χ2n) is 4.66. The number of hydrogen-bond donors (Lipinski definition) is 0. The lowest BCUT2D eigenvalue weighted by molar-refractivity contribution is 0.222. The van der Waals surface area contributed by atoms with Crippen molar-refractivity contribution in [1.29, 1.82) is 0 Å². The fourth-order valence-corrected chi connectivity index (χ4v) is 2.32. The van der Waals surface area contributed by atoms with Crippen LogP contribution in [0.15, 0.2) is 42.5 Å². The first-order valence-corrected chi connectivity index (χ1v) is 6.27. The maximum absolute atomic E-state index is 2.46. The minimum absolute atomic E-state index is 0.664. The van der Waals surface area contributed by atoms with Crippen LogP contribution in [0, 0.1) is 0 Å². The average molecular weight is 215 g/mol.